The fourth-order valence-electron chi connectivity index (χ4n) is 5.67. The van der Waals surface area contributed by atoms with Gasteiger partial charge in [-0.25, -0.2) is 0 Å². The van der Waals surface area contributed by atoms with Gasteiger partial charge in [0.2, 0.25) is 0 Å². The van der Waals surface area contributed by atoms with Crippen molar-refractivity contribution in [3.8, 4) is 0 Å². The van der Waals surface area contributed by atoms with Crippen LogP contribution in [0.2, 0.25) is 0 Å². The van der Waals surface area contributed by atoms with Crippen LogP contribution >= 0.6 is 0 Å². The maximum absolute atomic E-state index is 11.8. The lowest BCUT2D eigenvalue weighted by molar-refractivity contribution is -0.133. The minimum absolute atomic E-state index is 0.0541. The van der Waals surface area contributed by atoms with Gasteiger partial charge in [0, 0.05) is 5.92 Å². The van der Waals surface area contributed by atoms with Gasteiger partial charge in [-0.05, 0) is 36.5 Å². The molecule has 0 spiro atoms. The molecule has 2 nitrogen and oxygen atoms in total. The Morgan fingerprint density at radius 3 is 2.19 bits per heavy atom. The van der Waals surface area contributed by atoms with Crippen molar-refractivity contribution in [1.29, 1.82) is 0 Å². The molecule has 3 atom stereocenters. The Labute approximate surface area is 161 Å². The number of carbonyl (C=O) groups excluding carboxylic acids is 2. The van der Waals surface area contributed by atoms with E-state index >= 15 is 0 Å². The first-order valence-electron chi connectivity index (χ1n) is 11.6. The van der Waals surface area contributed by atoms with Crippen LogP contribution in [0.1, 0.15) is 110 Å². The fraction of sp³-hybridized carbons (Fsp3) is 0.917. The lowest BCUT2D eigenvalue weighted by atomic mass is 9.70. The Kier molecular flexibility index (Phi) is 9.93. The maximum atomic E-state index is 11.8. The van der Waals surface area contributed by atoms with Crippen LogP contribution < -0.4 is 0 Å². The number of hydrogen-bond acceptors (Lipinski definition) is 2. The van der Waals surface area contributed by atoms with Crippen molar-refractivity contribution < 1.29 is 9.59 Å². The Morgan fingerprint density at radius 2 is 1.54 bits per heavy atom. The van der Waals surface area contributed by atoms with Gasteiger partial charge in [0.05, 0.1) is 0 Å². The number of ketones is 1. The third-order valence-electron chi connectivity index (χ3n) is 7.30. The van der Waals surface area contributed by atoms with E-state index in [0.29, 0.717) is 6.29 Å². The molecule has 3 unspecified atom stereocenters. The van der Waals surface area contributed by atoms with E-state index in [-0.39, 0.29) is 17.6 Å². The zero-order valence-electron chi connectivity index (χ0n) is 17.4. The van der Waals surface area contributed by atoms with E-state index in [1.54, 1.807) is 0 Å². The summed E-state index contributed by atoms with van der Waals surface area (Å²) in [6, 6.07) is 0. The Balaban J connectivity index is 1.70. The minimum atomic E-state index is -0.193. The second-order valence-corrected chi connectivity index (χ2v) is 9.55. The van der Waals surface area contributed by atoms with Crippen molar-refractivity contribution in [1.82, 2.24) is 0 Å². The average Bonchev–Trinajstić information content (AvgIpc) is 2.61. The second-order valence-electron chi connectivity index (χ2n) is 9.55. The lowest BCUT2D eigenvalue weighted by Crippen LogP contribution is -2.24. The summed E-state index contributed by atoms with van der Waals surface area (Å²) in [5.74, 6) is 2.95. The third kappa shape index (κ3) is 7.16. The quantitative estimate of drug-likeness (QED) is 0.258. The molecule has 2 saturated carbocycles. The van der Waals surface area contributed by atoms with Crippen molar-refractivity contribution in [2.24, 2.45) is 29.6 Å². The predicted molar refractivity (Wildman–Crippen MR) is 109 cm³/mol. The Bertz CT molecular complexity index is 406. The second kappa shape index (κ2) is 11.9. The van der Waals surface area contributed by atoms with Gasteiger partial charge in [-0.2, -0.15) is 0 Å². The summed E-state index contributed by atoms with van der Waals surface area (Å²) in [5.41, 5.74) is 0. The van der Waals surface area contributed by atoms with E-state index in [0.717, 1.165) is 30.6 Å². The Hall–Kier alpha value is -0.660. The van der Waals surface area contributed by atoms with Gasteiger partial charge in [0.1, 0.15) is 0 Å². The summed E-state index contributed by atoms with van der Waals surface area (Å²) >= 11 is 0. The summed E-state index contributed by atoms with van der Waals surface area (Å²) in [6.45, 7) is 4.12. The van der Waals surface area contributed by atoms with Crippen molar-refractivity contribution in [2.75, 3.05) is 0 Å². The molecule has 26 heavy (non-hydrogen) atoms. The molecule has 2 fully saturated rings. The molecular formula is C24H42O2. The van der Waals surface area contributed by atoms with Crippen LogP contribution in [0.4, 0.5) is 0 Å². The highest BCUT2D eigenvalue weighted by Gasteiger charge is 2.28. The molecule has 0 aromatic rings. The van der Waals surface area contributed by atoms with Crippen LogP contribution in [-0.4, -0.2) is 12.1 Å². The largest absolute Gasteiger partial charge is 0.295 e. The SMILES string of the molecule is CC(C)C(CCCCC1CCCC(C2CCCCCCC2)C1)C(=O)C=O. The van der Waals surface area contributed by atoms with Gasteiger partial charge >= 0.3 is 0 Å². The maximum Gasteiger partial charge on any atom is 0.198 e. The lowest BCUT2D eigenvalue weighted by Gasteiger charge is -2.35. The predicted octanol–water partition coefficient (Wildman–Crippen LogP) is 6.75. The molecule has 0 heterocycles. The highest BCUT2D eigenvalue weighted by molar-refractivity contribution is 6.26. The van der Waals surface area contributed by atoms with E-state index < -0.39 is 0 Å². The van der Waals surface area contributed by atoms with Crippen molar-refractivity contribution in [3.63, 3.8) is 0 Å². The molecule has 2 heteroatoms. The number of Topliss-reactive ketones (excluding diaryl/α,β-unsaturated/α-hetero) is 1. The molecule has 0 saturated heterocycles. The first-order chi connectivity index (χ1) is 12.6. The number of aldehydes is 1. The van der Waals surface area contributed by atoms with Gasteiger partial charge in [-0.15, -0.1) is 0 Å². The van der Waals surface area contributed by atoms with Crippen LogP contribution in [0.5, 0.6) is 0 Å². The highest BCUT2D eigenvalue weighted by Crippen LogP contribution is 2.40. The zero-order valence-corrected chi connectivity index (χ0v) is 17.4. The molecule has 0 amide bonds. The first-order valence-corrected chi connectivity index (χ1v) is 11.6. The molecule has 2 aliphatic rings. The molecule has 0 bridgehead atoms. The monoisotopic (exact) mass is 362 g/mol. The first kappa shape index (κ1) is 21.6. The summed E-state index contributed by atoms with van der Waals surface area (Å²) in [6.07, 6.45) is 21.2. The van der Waals surface area contributed by atoms with Crippen molar-refractivity contribution in [2.45, 2.75) is 110 Å². The standard InChI is InChI=1S/C24H42O2/c1-19(2)23(24(26)18-25)16-9-8-11-20-12-10-15-22(17-20)21-13-6-4-3-5-7-14-21/h18-23H,3-17H2,1-2H3. The smallest absolute Gasteiger partial charge is 0.198 e. The molecular weight excluding hydrogens is 320 g/mol. The number of rotatable bonds is 9. The van der Waals surface area contributed by atoms with Gasteiger partial charge in [0.25, 0.3) is 0 Å². The normalized spacial score (nSPS) is 26.9. The summed E-state index contributed by atoms with van der Waals surface area (Å²) in [4.78, 5) is 22.6. The Morgan fingerprint density at radius 1 is 0.885 bits per heavy atom. The van der Waals surface area contributed by atoms with Gasteiger partial charge in [-0.1, -0.05) is 97.3 Å². The van der Waals surface area contributed by atoms with Crippen molar-refractivity contribution >= 4 is 12.1 Å². The molecule has 0 aromatic heterocycles. The van der Waals surface area contributed by atoms with Crippen molar-refractivity contribution in [3.05, 3.63) is 0 Å². The number of unbranched alkanes of at least 4 members (excludes halogenated alkanes) is 1. The summed E-state index contributed by atoms with van der Waals surface area (Å²) in [5, 5.41) is 0. The fourth-order valence-corrected chi connectivity index (χ4v) is 5.67. The highest BCUT2D eigenvalue weighted by atomic mass is 16.2. The van der Waals surface area contributed by atoms with E-state index in [4.69, 9.17) is 0 Å². The molecule has 150 valence electrons. The van der Waals surface area contributed by atoms with Crippen LogP contribution in [0.25, 0.3) is 0 Å². The average molecular weight is 363 g/mol. The molecule has 0 radical (unpaired) electrons. The van der Waals surface area contributed by atoms with Gasteiger partial charge in [-0.3, -0.25) is 9.59 Å². The van der Waals surface area contributed by atoms with Crippen LogP contribution in [0, 0.1) is 29.6 Å². The van der Waals surface area contributed by atoms with E-state index in [2.05, 4.69) is 13.8 Å². The zero-order chi connectivity index (χ0) is 18.8. The van der Waals surface area contributed by atoms with Crippen LogP contribution in [0.3, 0.4) is 0 Å². The van der Waals surface area contributed by atoms with Crippen LogP contribution in [-0.2, 0) is 9.59 Å². The molecule has 0 aliphatic heterocycles. The molecule has 2 aliphatic carbocycles. The van der Waals surface area contributed by atoms with Gasteiger partial charge in [0.15, 0.2) is 12.1 Å². The topological polar surface area (TPSA) is 34.1 Å². The molecule has 0 aromatic carbocycles. The van der Waals surface area contributed by atoms with E-state index in [1.807, 2.05) is 0 Å². The minimum Gasteiger partial charge on any atom is -0.295 e. The van der Waals surface area contributed by atoms with E-state index in [1.165, 1.54) is 83.5 Å². The van der Waals surface area contributed by atoms with E-state index in [9.17, 15) is 9.59 Å². The third-order valence-corrected chi connectivity index (χ3v) is 7.30. The summed E-state index contributed by atoms with van der Waals surface area (Å²) in [7, 11) is 0. The van der Waals surface area contributed by atoms with Gasteiger partial charge < -0.3 is 0 Å². The molecule has 0 N–H and O–H groups in total. The molecule has 2 rings (SSSR count). The van der Waals surface area contributed by atoms with Crippen LogP contribution in [0.15, 0.2) is 0 Å². The number of hydrogen-bond donors (Lipinski definition) is 0. The number of carbonyl (C=O) groups is 2. The summed E-state index contributed by atoms with van der Waals surface area (Å²) < 4.78 is 0.